The summed E-state index contributed by atoms with van der Waals surface area (Å²) < 4.78 is 5.44. The fraction of sp³-hybridized carbons (Fsp3) is 0.625. The molecule has 0 saturated carbocycles. The second-order valence-electron chi connectivity index (χ2n) is 5.22. The van der Waals surface area contributed by atoms with Gasteiger partial charge in [-0.3, -0.25) is 0 Å². The van der Waals surface area contributed by atoms with E-state index in [4.69, 9.17) is 27.9 Å². The molecule has 0 heterocycles. The van der Waals surface area contributed by atoms with Crippen molar-refractivity contribution in [3.63, 3.8) is 0 Å². The lowest BCUT2D eigenvalue weighted by Gasteiger charge is -2.31. The van der Waals surface area contributed by atoms with Crippen LogP contribution >= 0.6 is 23.2 Å². The minimum absolute atomic E-state index is 0.148. The third kappa shape index (κ3) is 4.57. The summed E-state index contributed by atoms with van der Waals surface area (Å²) in [5, 5.41) is 0.755. The summed E-state index contributed by atoms with van der Waals surface area (Å²) in [5.41, 5.74) is 1.31. The smallest absolute Gasteiger partial charge is 0.122 e. The van der Waals surface area contributed by atoms with Crippen LogP contribution in [0.2, 0.25) is 5.02 Å². The van der Waals surface area contributed by atoms with Gasteiger partial charge in [0.25, 0.3) is 0 Å². The lowest BCUT2D eigenvalue weighted by atomic mass is 9.77. The average molecular weight is 303 g/mol. The van der Waals surface area contributed by atoms with Gasteiger partial charge in [-0.15, -0.1) is 11.6 Å². The van der Waals surface area contributed by atoms with Crippen LogP contribution in [0.5, 0.6) is 5.75 Å². The van der Waals surface area contributed by atoms with Gasteiger partial charge in [-0.2, -0.15) is 0 Å². The van der Waals surface area contributed by atoms with Crippen LogP contribution in [-0.4, -0.2) is 13.0 Å². The second kappa shape index (κ2) is 8.01. The van der Waals surface area contributed by atoms with Gasteiger partial charge in [-0.25, -0.2) is 0 Å². The van der Waals surface area contributed by atoms with Crippen molar-refractivity contribution in [1.82, 2.24) is 0 Å². The first kappa shape index (κ1) is 16.7. The van der Waals surface area contributed by atoms with E-state index < -0.39 is 0 Å². The summed E-state index contributed by atoms with van der Waals surface area (Å²) in [6.07, 6.45) is 5.57. The van der Waals surface area contributed by atoms with Crippen molar-refractivity contribution in [1.29, 1.82) is 0 Å². The van der Waals surface area contributed by atoms with Gasteiger partial charge in [-0.1, -0.05) is 38.3 Å². The molecule has 0 amide bonds. The van der Waals surface area contributed by atoms with Gasteiger partial charge in [0.15, 0.2) is 0 Å². The molecule has 0 aliphatic rings. The lowest BCUT2D eigenvalue weighted by Crippen LogP contribution is -2.25. The first-order valence-corrected chi connectivity index (χ1v) is 7.90. The van der Waals surface area contributed by atoms with Gasteiger partial charge in [0, 0.05) is 10.9 Å². The van der Waals surface area contributed by atoms with Crippen LogP contribution in [-0.2, 0) is 6.42 Å². The van der Waals surface area contributed by atoms with Gasteiger partial charge in [-0.05, 0) is 48.4 Å². The molecule has 19 heavy (non-hydrogen) atoms. The maximum atomic E-state index is 6.27. The van der Waals surface area contributed by atoms with Crippen LogP contribution in [0.4, 0.5) is 0 Å². The number of unbranched alkanes of at least 4 members (excludes halogenated alkanes) is 1. The zero-order valence-electron chi connectivity index (χ0n) is 12.1. The normalized spacial score (nSPS) is 14.2. The monoisotopic (exact) mass is 302 g/mol. The number of hydrogen-bond donors (Lipinski definition) is 0. The minimum atomic E-state index is 0.148. The van der Waals surface area contributed by atoms with E-state index in [9.17, 15) is 0 Å². The molecule has 0 spiro atoms. The molecule has 1 rings (SSSR count). The van der Waals surface area contributed by atoms with E-state index in [-0.39, 0.29) is 5.41 Å². The fourth-order valence-corrected chi connectivity index (χ4v) is 3.05. The molecule has 1 atom stereocenters. The first-order chi connectivity index (χ1) is 9.10. The Bertz CT molecular complexity index is 386. The third-order valence-electron chi connectivity index (χ3n) is 3.90. The van der Waals surface area contributed by atoms with Crippen LogP contribution in [0.1, 0.15) is 45.1 Å². The molecule has 1 unspecified atom stereocenters. The summed E-state index contributed by atoms with van der Waals surface area (Å²) in [6, 6.07) is 5.81. The largest absolute Gasteiger partial charge is 0.496 e. The molecule has 108 valence electrons. The molecule has 0 aliphatic carbocycles. The molecule has 0 radical (unpaired) electrons. The van der Waals surface area contributed by atoms with E-state index in [0.717, 1.165) is 35.6 Å². The topological polar surface area (TPSA) is 9.23 Å². The third-order valence-corrected chi connectivity index (χ3v) is 4.70. The molecule has 1 aromatic rings. The quantitative estimate of drug-likeness (QED) is 0.558. The molecule has 0 aromatic heterocycles. The standard InChI is InChI=1S/C16H24Cl2O/c1-4-6-9-16(5-2,12-17)11-13-10-14(18)7-8-15(13)19-3/h7-8,10H,4-6,9,11-12H2,1-3H3. The molecular weight excluding hydrogens is 279 g/mol. The highest BCUT2D eigenvalue weighted by molar-refractivity contribution is 6.30. The number of ether oxygens (including phenoxy) is 1. The van der Waals surface area contributed by atoms with Crippen LogP contribution in [0, 0.1) is 5.41 Å². The van der Waals surface area contributed by atoms with E-state index in [0.29, 0.717) is 5.88 Å². The Kier molecular flexibility index (Phi) is 7.02. The van der Waals surface area contributed by atoms with Crippen molar-refractivity contribution in [2.24, 2.45) is 5.41 Å². The maximum absolute atomic E-state index is 6.27. The maximum Gasteiger partial charge on any atom is 0.122 e. The van der Waals surface area contributed by atoms with Crippen molar-refractivity contribution in [2.45, 2.75) is 46.0 Å². The molecule has 3 heteroatoms. The highest BCUT2D eigenvalue weighted by Gasteiger charge is 2.28. The Balaban J connectivity index is 2.98. The predicted octanol–water partition coefficient (Wildman–Crippen LogP) is 5.72. The van der Waals surface area contributed by atoms with Crippen molar-refractivity contribution >= 4 is 23.2 Å². The first-order valence-electron chi connectivity index (χ1n) is 6.99. The zero-order valence-corrected chi connectivity index (χ0v) is 13.7. The number of hydrogen-bond acceptors (Lipinski definition) is 1. The van der Waals surface area contributed by atoms with E-state index in [2.05, 4.69) is 13.8 Å². The van der Waals surface area contributed by atoms with E-state index in [1.54, 1.807) is 7.11 Å². The lowest BCUT2D eigenvalue weighted by molar-refractivity contribution is 0.274. The van der Waals surface area contributed by atoms with E-state index in [1.165, 1.54) is 12.8 Å². The van der Waals surface area contributed by atoms with Crippen LogP contribution in [0.3, 0.4) is 0 Å². The number of benzene rings is 1. The van der Waals surface area contributed by atoms with Crippen molar-refractivity contribution in [2.75, 3.05) is 13.0 Å². The number of rotatable bonds is 8. The van der Waals surface area contributed by atoms with Gasteiger partial charge in [0.2, 0.25) is 0 Å². The Labute approximate surface area is 127 Å². The van der Waals surface area contributed by atoms with Crippen LogP contribution in [0.15, 0.2) is 18.2 Å². The number of halogens is 2. The Morgan fingerprint density at radius 2 is 2.00 bits per heavy atom. The molecule has 0 aliphatic heterocycles. The van der Waals surface area contributed by atoms with Gasteiger partial charge < -0.3 is 4.74 Å². The van der Waals surface area contributed by atoms with Crippen LogP contribution < -0.4 is 4.74 Å². The average Bonchev–Trinajstić information content (AvgIpc) is 2.44. The molecule has 0 saturated heterocycles. The van der Waals surface area contributed by atoms with E-state index in [1.807, 2.05) is 18.2 Å². The van der Waals surface area contributed by atoms with Gasteiger partial charge >= 0.3 is 0 Å². The Morgan fingerprint density at radius 3 is 2.53 bits per heavy atom. The predicted molar refractivity (Wildman–Crippen MR) is 84.7 cm³/mol. The Morgan fingerprint density at radius 1 is 1.26 bits per heavy atom. The molecule has 1 aromatic carbocycles. The second-order valence-corrected chi connectivity index (χ2v) is 5.93. The summed E-state index contributed by atoms with van der Waals surface area (Å²) >= 11 is 12.4. The summed E-state index contributed by atoms with van der Waals surface area (Å²) in [5.74, 6) is 1.59. The van der Waals surface area contributed by atoms with Crippen molar-refractivity contribution in [3.05, 3.63) is 28.8 Å². The fourth-order valence-electron chi connectivity index (χ4n) is 2.44. The van der Waals surface area contributed by atoms with Crippen LogP contribution in [0.25, 0.3) is 0 Å². The summed E-state index contributed by atoms with van der Waals surface area (Å²) in [7, 11) is 1.70. The molecule has 1 nitrogen and oxygen atoms in total. The molecular formula is C16H24Cl2O. The highest BCUT2D eigenvalue weighted by Crippen LogP contribution is 2.37. The van der Waals surface area contributed by atoms with Crippen molar-refractivity contribution in [3.8, 4) is 5.75 Å². The highest BCUT2D eigenvalue weighted by atomic mass is 35.5. The summed E-state index contributed by atoms with van der Waals surface area (Å²) in [6.45, 7) is 4.43. The number of methoxy groups -OCH3 is 1. The summed E-state index contributed by atoms with van der Waals surface area (Å²) in [4.78, 5) is 0. The van der Waals surface area contributed by atoms with Gasteiger partial charge in [0.05, 0.1) is 7.11 Å². The van der Waals surface area contributed by atoms with Gasteiger partial charge in [0.1, 0.15) is 5.75 Å². The molecule has 0 bridgehead atoms. The number of alkyl halides is 1. The van der Waals surface area contributed by atoms with Crippen molar-refractivity contribution < 1.29 is 4.74 Å². The molecule has 0 fully saturated rings. The molecule has 0 N–H and O–H groups in total. The minimum Gasteiger partial charge on any atom is -0.496 e. The zero-order chi connectivity index (χ0) is 14.3. The Hall–Kier alpha value is -0.400. The SMILES string of the molecule is CCCCC(CC)(CCl)Cc1cc(Cl)ccc1OC. The van der Waals surface area contributed by atoms with E-state index >= 15 is 0 Å².